The van der Waals surface area contributed by atoms with Gasteiger partial charge in [-0.15, -0.1) is 0 Å². The Balaban J connectivity index is 1.58. The Morgan fingerprint density at radius 2 is 2.10 bits per heavy atom. The van der Waals surface area contributed by atoms with E-state index >= 15 is 0 Å². The fourth-order valence-corrected chi connectivity index (χ4v) is 3.45. The van der Waals surface area contributed by atoms with Crippen LogP contribution in [-0.4, -0.2) is 30.8 Å². The molecule has 1 aliphatic heterocycles. The van der Waals surface area contributed by atoms with E-state index < -0.39 is 0 Å². The molecule has 1 fully saturated rings. The highest BCUT2D eigenvalue weighted by Gasteiger charge is 2.25. The van der Waals surface area contributed by atoms with Crippen molar-refractivity contribution in [2.24, 2.45) is 11.8 Å². The van der Waals surface area contributed by atoms with E-state index in [1.54, 1.807) is 0 Å². The topological polar surface area (TPSA) is 58.6 Å². The highest BCUT2D eigenvalue weighted by atomic mass is 16.5. The van der Waals surface area contributed by atoms with Gasteiger partial charge in [0.15, 0.2) is 0 Å². The lowest BCUT2D eigenvalue weighted by atomic mass is 9.79. The van der Waals surface area contributed by atoms with Crippen LogP contribution in [0, 0.1) is 11.8 Å². The Labute approximate surface area is 125 Å². The van der Waals surface area contributed by atoms with E-state index in [1.807, 2.05) is 18.2 Å². The van der Waals surface area contributed by atoms with Crippen LogP contribution < -0.4 is 10.1 Å². The van der Waals surface area contributed by atoms with Crippen molar-refractivity contribution in [1.82, 2.24) is 5.32 Å². The molecule has 2 N–H and O–H groups in total. The van der Waals surface area contributed by atoms with Crippen molar-refractivity contribution in [2.75, 3.05) is 19.8 Å². The van der Waals surface area contributed by atoms with Crippen LogP contribution in [0.15, 0.2) is 18.2 Å². The zero-order valence-electron chi connectivity index (χ0n) is 12.3. The molecule has 1 saturated carbocycles. The quantitative estimate of drug-likeness (QED) is 0.893. The molecule has 4 heteroatoms. The molecular formula is C17H23NO3. The highest BCUT2D eigenvalue weighted by Crippen LogP contribution is 2.29. The molecule has 2 aliphatic rings. The van der Waals surface area contributed by atoms with Gasteiger partial charge in [-0.05, 0) is 48.4 Å². The molecule has 3 rings (SSSR count). The molecule has 1 aliphatic carbocycles. The van der Waals surface area contributed by atoms with Crippen LogP contribution in [0.25, 0.3) is 0 Å². The fourth-order valence-electron chi connectivity index (χ4n) is 3.45. The van der Waals surface area contributed by atoms with Gasteiger partial charge in [0.05, 0.1) is 6.61 Å². The summed E-state index contributed by atoms with van der Waals surface area (Å²) in [5, 5.41) is 12.5. The lowest BCUT2D eigenvalue weighted by molar-refractivity contribution is 0.0909. The van der Waals surface area contributed by atoms with Gasteiger partial charge in [-0.3, -0.25) is 4.79 Å². The number of rotatable bonds is 4. The largest absolute Gasteiger partial charge is 0.493 e. The summed E-state index contributed by atoms with van der Waals surface area (Å²) >= 11 is 0. The lowest BCUT2D eigenvalue weighted by Gasteiger charge is -2.30. The van der Waals surface area contributed by atoms with Crippen LogP contribution in [0.5, 0.6) is 5.75 Å². The maximum absolute atomic E-state index is 12.3. The van der Waals surface area contributed by atoms with Crippen LogP contribution in [0.2, 0.25) is 0 Å². The van der Waals surface area contributed by atoms with E-state index in [-0.39, 0.29) is 12.5 Å². The molecule has 2 atom stereocenters. The maximum Gasteiger partial charge on any atom is 0.251 e. The summed E-state index contributed by atoms with van der Waals surface area (Å²) in [5.74, 6) is 1.63. The zero-order chi connectivity index (χ0) is 14.7. The average Bonchev–Trinajstić information content (AvgIpc) is 3.00. The number of aliphatic hydroxyl groups is 1. The van der Waals surface area contributed by atoms with E-state index in [0.717, 1.165) is 30.6 Å². The first-order chi connectivity index (χ1) is 10.3. The molecule has 1 heterocycles. The molecule has 0 aromatic heterocycles. The molecule has 1 aromatic rings. The number of ether oxygens (including phenoxy) is 1. The van der Waals surface area contributed by atoms with Gasteiger partial charge in [0.1, 0.15) is 5.75 Å². The second-order valence-electron chi connectivity index (χ2n) is 6.12. The molecule has 0 saturated heterocycles. The molecule has 4 nitrogen and oxygen atoms in total. The number of benzene rings is 1. The molecule has 0 radical (unpaired) electrons. The van der Waals surface area contributed by atoms with Crippen molar-refractivity contribution in [2.45, 2.75) is 32.1 Å². The van der Waals surface area contributed by atoms with Gasteiger partial charge in [0.25, 0.3) is 5.91 Å². The van der Waals surface area contributed by atoms with Crippen molar-refractivity contribution in [1.29, 1.82) is 0 Å². The number of nitrogens with one attached hydrogen (secondary N) is 1. The smallest absolute Gasteiger partial charge is 0.251 e. The van der Waals surface area contributed by atoms with Gasteiger partial charge in [-0.1, -0.05) is 12.8 Å². The Kier molecular flexibility index (Phi) is 4.44. The molecule has 1 amide bonds. The van der Waals surface area contributed by atoms with Crippen molar-refractivity contribution in [3.63, 3.8) is 0 Å². The van der Waals surface area contributed by atoms with Gasteiger partial charge >= 0.3 is 0 Å². The minimum atomic E-state index is -0.0213. The summed E-state index contributed by atoms with van der Waals surface area (Å²) in [6.45, 7) is 1.61. The van der Waals surface area contributed by atoms with Crippen LogP contribution in [0.1, 0.15) is 41.6 Å². The van der Waals surface area contributed by atoms with E-state index in [0.29, 0.717) is 30.6 Å². The predicted octanol–water partition coefficient (Wildman–Crippen LogP) is 2.15. The minimum absolute atomic E-state index is 0.0213. The van der Waals surface area contributed by atoms with E-state index in [1.165, 1.54) is 12.8 Å². The van der Waals surface area contributed by atoms with Crippen molar-refractivity contribution in [3.05, 3.63) is 29.3 Å². The first kappa shape index (κ1) is 14.4. The third-order valence-electron chi connectivity index (χ3n) is 4.78. The molecule has 114 valence electrons. The summed E-state index contributed by atoms with van der Waals surface area (Å²) in [6.07, 6.45) is 5.45. The first-order valence-electron chi connectivity index (χ1n) is 7.92. The Hall–Kier alpha value is -1.55. The monoisotopic (exact) mass is 289 g/mol. The predicted molar refractivity (Wildman–Crippen MR) is 80.5 cm³/mol. The Morgan fingerprint density at radius 3 is 2.90 bits per heavy atom. The Bertz CT molecular complexity index is 515. The van der Waals surface area contributed by atoms with Crippen molar-refractivity contribution in [3.8, 4) is 5.75 Å². The summed E-state index contributed by atoms with van der Waals surface area (Å²) in [4.78, 5) is 12.3. The standard InChI is InChI=1S/C17H23NO3/c19-11-15-4-2-1-3-14(15)10-18-17(20)13-5-6-16-12(9-13)7-8-21-16/h5-6,9,14-15,19H,1-4,7-8,10-11H2,(H,18,20). The van der Waals surface area contributed by atoms with Crippen LogP contribution >= 0.6 is 0 Å². The van der Waals surface area contributed by atoms with Crippen LogP contribution in [0.3, 0.4) is 0 Å². The molecule has 2 unspecified atom stereocenters. The number of aliphatic hydroxyl groups excluding tert-OH is 1. The minimum Gasteiger partial charge on any atom is -0.493 e. The van der Waals surface area contributed by atoms with Gasteiger partial charge in [-0.25, -0.2) is 0 Å². The molecule has 0 bridgehead atoms. The summed E-state index contributed by atoms with van der Waals surface area (Å²) < 4.78 is 5.46. The third kappa shape index (κ3) is 3.21. The van der Waals surface area contributed by atoms with Gasteiger partial charge < -0.3 is 15.2 Å². The van der Waals surface area contributed by atoms with Gasteiger partial charge in [0, 0.05) is 25.1 Å². The number of hydrogen-bond donors (Lipinski definition) is 2. The third-order valence-corrected chi connectivity index (χ3v) is 4.78. The molecule has 0 spiro atoms. The number of carbonyl (C=O) groups is 1. The van der Waals surface area contributed by atoms with E-state index in [2.05, 4.69) is 5.32 Å². The SMILES string of the molecule is O=C(NCC1CCCCC1CO)c1ccc2c(c1)CCO2. The van der Waals surface area contributed by atoms with Gasteiger partial charge in [0.2, 0.25) is 0 Å². The van der Waals surface area contributed by atoms with E-state index in [4.69, 9.17) is 4.74 Å². The Morgan fingerprint density at radius 1 is 1.29 bits per heavy atom. The zero-order valence-corrected chi connectivity index (χ0v) is 12.3. The first-order valence-corrected chi connectivity index (χ1v) is 7.92. The molecule has 21 heavy (non-hydrogen) atoms. The van der Waals surface area contributed by atoms with E-state index in [9.17, 15) is 9.90 Å². The van der Waals surface area contributed by atoms with Crippen molar-refractivity contribution >= 4 is 5.91 Å². The number of carbonyl (C=O) groups excluding carboxylic acids is 1. The summed E-state index contributed by atoms with van der Waals surface area (Å²) in [7, 11) is 0. The number of amides is 1. The normalized spacial score (nSPS) is 24.2. The molecular weight excluding hydrogens is 266 g/mol. The van der Waals surface area contributed by atoms with Crippen LogP contribution in [0.4, 0.5) is 0 Å². The molecule has 1 aromatic carbocycles. The average molecular weight is 289 g/mol. The second kappa shape index (κ2) is 6.48. The van der Waals surface area contributed by atoms with Crippen molar-refractivity contribution < 1.29 is 14.6 Å². The second-order valence-corrected chi connectivity index (χ2v) is 6.12. The highest BCUT2D eigenvalue weighted by molar-refractivity contribution is 5.94. The summed E-state index contributed by atoms with van der Waals surface area (Å²) in [5.41, 5.74) is 1.82. The lowest BCUT2D eigenvalue weighted by Crippen LogP contribution is -2.35. The number of hydrogen-bond acceptors (Lipinski definition) is 3. The maximum atomic E-state index is 12.3. The van der Waals surface area contributed by atoms with Crippen LogP contribution in [-0.2, 0) is 6.42 Å². The fraction of sp³-hybridized carbons (Fsp3) is 0.588. The van der Waals surface area contributed by atoms with Gasteiger partial charge in [-0.2, -0.15) is 0 Å². The number of fused-ring (bicyclic) bond motifs is 1. The summed E-state index contributed by atoms with van der Waals surface area (Å²) in [6, 6.07) is 5.64.